The van der Waals surface area contributed by atoms with Crippen LogP contribution in [0.2, 0.25) is 0 Å². The van der Waals surface area contributed by atoms with E-state index in [0.717, 1.165) is 21.7 Å². The molecular weight excluding hydrogens is 326 g/mol. The van der Waals surface area contributed by atoms with Crippen molar-refractivity contribution in [2.45, 2.75) is 13.3 Å². The van der Waals surface area contributed by atoms with Crippen molar-refractivity contribution in [3.63, 3.8) is 0 Å². The third kappa shape index (κ3) is 3.51. The van der Waals surface area contributed by atoms with Crippen molar-refractivity contribution in [2.24, 2.45) is 7.05 Å². The molecule has 0 radical (unpaired) electrons. The van der Waals surface area contributed by atoms with Gasteiger partial charge in [0.15, 0.2) is 0 Å². The molecule has 0 aliphatic carbocycles. The van der Waals surface area contributed by atoms with Gasteiger partial charge in [-0.25, -0.2) is 0 Å². The number of amides is 2. The normalized spacial score (nSPS) is 10.9. The van der Waals surface area contributed by atoms with Gasteiger partial charge in [0.2, 0.25) is 5.91 Å². The van der Waals surface area contributed by atoms with Gasteiger partial charge in [-0.2, -0.15) is 0 Å². The molecule has 0 atom stereocenters. The highest BCUT2D eigenvalue weighted by Gasteiger charge is 2.14. The molecular formula is C17H19N3O3S. The largest absolute Gasteiger partial charge is 0.466 e. The van der Waals surface area contributed by atoms with Crippen LogP contribution in [0.5, 0.6) is 0 Å². The minimum atomic E-state index is -0.252. The molecule has 6 nitrogen and oxygen atoms in total. The minimum absolute atomic E-state index is 0.0468. The molecule has 0 unspecified atom stereocenters. The van der Waals surface area contributed by atoms with Crippen LogP contribution in [0.1, 0.15) is 22.0 Å². The van der Waals surface area contributed by atoms with Crippen molar-refractivity contribution in [3.8, 4) is 0 Å². The van der Waals surface area contributed by atoms with E-state index in [9.17, 15) is 9.59 Å². The number of hydrogen-bond donors (Lipinski definition) is 2. The highest BCUT2D eigenvalue weighted by atomic mass is 32.1. The first kappa shape index (κ1) is 16.3. The monoisotopic (exact) mass is 345 g/mol. The second-order valence-corrected chi connectivity index (χ2v) is 6.50. The third-order valence-corrected chi connectivity index (χ3v) is 4.65. The fourth-order valence-corrected chi connectivity index (χ4v) is 3.38. The zero-order chi connectivity index (χ0) is 17.1. The van der Waals surface area contributed by atoms with Crippen LogP contribution >= 0.6 is 11.3 Å². The van der Waals surface area contributed by atoms with Gasteiger partial charge in [0, 0.05) is 20.0 Å². The Bertz CT molecular complexity index is 875. The lowest BCUT2D eigenvalue weighted by Gasteiger charge is -2.07. The fourth-order valence-electron chi connectivity index (χ4n) is 2.53. The lowest BCUT2D eigenvalue weighted by molar-refractivity contribution is -0.120. The van der Waals surface area contributed by atoms with E-state index in [0.29, 0.717) is 18.7 Å². The molecule has 0 aliphatic heterocycles. The van der Waals surface area contributed by atoms with Crippen LogP contribution in [0.4, 0.5) is 0 Å². The molecule has 0 aromatic carbocycles. The Kier molecular flexibility index (Phi) is 4.71. The van der Waals surface area contributed by atoms with Crippen molar-refractivity contribution in [1.29, 1.82) is 0 Å². The van der Waals surface area contributed by atoms with E-state index in [1.54, 1.807) is 11.3 Å². The Labute approximate surface area is 143 Å². The zero-order valence-corrected chi connectivity index (χ0v) is 14.4. The Morgan fingerprint density at radius 1 is 1.25 bits per heavy atom. The predicted molar refractivity (Wildman–Crippen MR) is 93.3 cm³/mol. The van der Waals surface area contributed by atoms with Crippen LogP contribution in [0.3, 0.4) is 0 Å². The first-order valence-electron chi connectivity index (χ1n) is 7.68. The maximum atomic E-state index is 12.2. The molecule has 2 amide bonds. The van der Waals surface area contributed by atoms with Crippen LogP contribution in [0.15, 0.2) is 34.1 Å². The average Bonchev–Trinajstić information content (AvgIpc) is 3.24. The molecule has 3 aromatic rings. The Morgan fingerprint density at radius 2 is 2.08 bits per heavy atom. The topological polar surface area (TPSA) is 76.3 Å². The number of nitrogens with one attached hydrogen (secondary N) is 2. The third-order valence-electron chi connectivity index (χ3n) is 3.80. The zero-order valence-electron chi connectivity index (χ0n) is 13.6. The van der Waals surface area contributed by atoms with E-state index in [4.69, 9.17) is 4.42 Å². The minimum Gasteiger partial charge on any atom is -0.466 e. The molecule has 0 saturated carbocycles. The molecule has 0 fully saturated rings. The van der Waals surface area contributed by atoms with E-state index in [1.807, 2.05) is 48.2 Å². The standard InChI is InChI=1S/C17H19N3O3S/c1-11-3-4-12(23-11)5-7-18-16(21)10-19-17(22)14-9-15-13(20(14)2)6-8-24-15/h3-4,6,8-9H,5,7,10H2,1-2H3,(H,18,21)(H,19,22). The summed E-state index contributed by atoms with van der Waals surface area (Å²) in [7, 11) is 1.84. The molecule has 0 bridgehead atoms. The van der Waals surface area contributed by atoms with E-state index >= 15 is 0 Å². The highest BCUT2D eigenvalue weighted by Crippen LogP contribution is 2.23. The Morgan fingerprint density at radius 3 is 2.79 bits per heavy atom. The van der Waals surface area contributed by atoms with Crippen molar-refractivity contribution in [2.75, 3.05) is 13.1 Å². The summed E-state index contributed by atoms with van der Waals surface area (Å²) in [6.07, 6.45) is 0.627. The Hall–Kier alpha value is -2.54. The van der Waals surface area contributed by atoms with Crippen LogP contribution in [-0.2, 0) is 18.3 Å². The molecule has 0 spiro atoms. The van der Waals surface area contributed by atoms with Crippen LogP contribution in [-0.4, -0.2) is 29.5 Å². The van der Waals surface area contributed by atoms with E-state index in [-0.39, 0.29) is 18.4 Å². The summed E-state index contributed by atoms with van der Waals surface area (Å²) in [5.41, 5.74) is 1.57. The quantitative estimate of drug-likeness (QED) is 0.719. The number of rotatable bonds is 6. The predicted octanol–water partition coefficient (Wildman–Crippen LogP) is 2.23. The molecule has 0 saturated heterocycles. The van der Waals surface area contributed by atoms with Gasteiger partial charge in [0.25, 0.3) is 5.91 Å². The summed E-state index contributed by atoms with van der Waals surface area (Å²) >= 11 is 1.59. The average molecular weight is 345 g/mol. The van der Waals surface area contributed by atoms with E-state index in [1.165, 1.54) is 0 Å². The summed E-state index contributed by atoms with van der Waals surface area (Å²) in [6.45, 7) is 2.31. The van der Waals surface area contributed by atoms with Gasteiger partial charge in [-0.3, -0.25) is 9.59 Å². The number of carbonyl (C=O) groups excluding carboxylic acids is 2. The number of furan rings is 1. The van der Waals surface area contributed by atoms with Crippen LogP contribution in [0, 0.1) is 6.92 Å². The van der Waals surface area contributed by atoms with Gasteiger partial charge in [-0.05, 0) is 36.6 Å². The molecule has 2 N–H and O–H groups in total. The maximum Gasteiger partial charge on any atom is 0.268 e. The molecule has 3 aromatic heterocycles. The van der Waals surface area contributed by atoms with Gasteiger partial charge < -0.3 is 19.6 Å². The van der Waals surface area contributed by atoms with Gasteiger partial charge in [-0.15, -0.1) is 11.3 Å². The van der Waals surface area contributed by atoms with Crippen molar-refractivity contribution in [1.82, 2.24) is 15.2 Å². The number of carbonyl (C=O) groups is 2. The molecule has 3 rings (SSSR count). The molecule has 7 heteroatoms. The fraction of sp³-hybridized carbons (Fsp3) is 0.294. The summed E-state index contributed by atoms with van der Waals surface area (Å²) in [5, 5.41) is 7.40. The lowest BCUT2D eigenvalue weighted by Crippen LogP contribution is -2.38. The van der Waals surface area contributed by atoms with E-state index in [2.05, 4.69) is 10.6 Å². The molecule has 3 heterocycles. The molecule has 24 heavy (non-hydrogen) atoms. The number of hydrogen-bond acceptors (Lipinski definition) is 4. The number of thiophene rings is 1. The first-order chi connectivity index (χ1) is 11.5. The lowest BCUT2D eigenvalue weighted by atomic mass is 10.3. The smallest absolute Gasteiger partial charge is 0.268 e. The van der Waals surface area contributed by atoms with Gasteiger partial charge in [0.05, 0.1) is 16.8 Å². The number of fused-ring (bicyclic) bond motifs is 1. The molecule has 126 valence electrons. The van der Waals surface area contributed by atoms with Crippen LogP contribution in [0.25, 0.3) is 10.2 Å². The van der Waals surface area contributed by atoms with Crippen LogP contribution < -0.4 is 10.6 Å². The summed E-state index contributed by atoms with van der Waals surface area (Å²) < 4.78 is 8.32. The number of aromatic nitrogens is 1. The second-order valence-electron chi connectivity index (χ2n) is 5.55. The van der Waals surface area contributed by atoms with Gasteiger partial charge >= 0.3 is 0 Å². The first-order valence-corrected chi connectivity index (χ1v) is 8.55. The van der Waals surface area contributed by atoms with Gasteiger partial charge in [-0.1, -0.05) is 0 Å². The number of nitrogens with zero attached hydrogens (tertiary/aromatic N) is 1. The van der Waals surface area contributed by atoms with Crippen molar-refractivity contribution < 1.29 is 14.0 Å². The Balaban J connectivity index is 1.46. The van der Waals surface area contributed by atoms with E-state index < -0.39 is 0 Å². The van der Waals surface area contributed by atoms with Crippen molar-refractivity contribution >= 4 is 33.4 Å². The summed E-state index contributed by atoms with van der Waals surface area (Å²) in [4.78, 5) is 24.0. The SMILES string of the molecule is Cc1ccc(CCNC(=O)CNC(=O)c2cc3sccc3n2C)o1. The number of aryl methyl sites for hydroxylation is 2. The molecule has 0 aliphatic rings. The second kappa shape index (κ2) is 6.92. The summed E-state index contributed by atoms with van der Waals surface area (Å²) in [6, 6.07) is 7.60. The highest BCUT2D eigenvalue weighted by molar-refractivity contribution is 7.17. The maximum absolute atomic E-state index is 12.2. The van der Waals surface area contributed by atoms with Crippen molar-refractivity contribution in [3.05, 3.63) is 46.9 Å². The summed E-state index contributed by atoms with van der Waals surface area (Å²) in [5.74, 6) is 1.21. The van der Waals surface area contributed by atoms with Gasteiger partial charge in [0.1, 0.15) is 17.2 Å².